The van der Waals surface area contributed by atoms with Crippen molar-refractivity contribution in [3.8, 4) is 0 Å². The van der Waals surface area contributed by atoms with Crippen molar-refractivity contribution in [2.45, 2.75) is 45.6 Å². The van der Waals surface area contributed by atoms with Gasteiger partial charge in [0, 0.05) is 61.2 Å². The molecular weight excluding hydrogens is 531 g/mol. The number of halogens is 2. The predicted molar refractivity (Wildman–Crippen MR) is 121 cm³/mol. The molecule has 0 saturated carbocycles. The third-order valence-electron chi connectivity index (χ3n) is 3.76. The fourth-order valence-corrected chi connectivity index (χ4v) is 4.10. The van der Waals surface area contributed by atoms with Gasteiger partial charge in [-0.15, -0.1) is 0 Å². The van der Waals surface area contributed by atoms with Gasteiger partial charge in [0.05, 0.1) is 10.2 Å². The molecule has 3 heterocycles. The summed E-state index contributed by atoms with van der Waals surface area (Å²) in [5.41, 5.74) is 7.16. The molecule has 2 aromatic heterocycles. The molecule has 1 amide bonds. The average molecular weight is 555 g/mol. The van der Waals surface area contributed by atoms with E-state index in [-0.39, 0.29) is 11.7 Å². The summed E-state index contributed by atoms with van der Waals surface area (Å²) in [7, 11) is 1.57. The number of fused-ring (bicyclic) bond motifs is 1. The molecule has 6 nitrogen and oxygen atoms in total. The Labute approximate surface area is 179 Å². The second-order valence-corrected chi connectivity index (χ2v) is 9.56. The van der Waals surface area contributed by atoms with E-state index >= 15 is 0 Å². The van der Waals surface area contributed by atoms with E-state index in [2.05, 4.69) is 42.1 Å². The van der Waals surface area contributed by atoms with E-state index < -0.39 is 0 Å². The summed E-state index contributed by atoms with van der Waals surface area (Å²) >= 11 is 5.55. The third-order valence-corrected chi connectivity index (χ3v) is 6.10. The molecule has 1 fully saturated rings. The molecule has 0 aromatic carbocycles. The van der Waals surface area contributed by atoms with Gasteiger partial charge in [-0.1, -0.05) is 0 Å². The molecule has 0 unspecified atom stereocenters. The molecule has 0 spiro atoms. The lowest BCUT2D eigenvalue weighted by molar-refractivity contribution is 0.0216. The van der Waals surface area contributed by atoms with Crippen molar-refractivity contribution < 1.29 is 9.53 Å². The van der Waals surface area contributed by atoms with Crippen LogP contribution in [-0.2, 0) is 4.74 Å². The van der Waals surface area contributed by atoms with Crippen molar-refractivity contribution in [3.05, 3.63) is 22.9 Å². The lowest BCUT2D eigenvalue weighted by atomic mass is 10.1. The number of nitrogen functional groups attached to an aromatic ring is 1. The Morgan fingerprint density at radius 2 is 2.00 bits per heavy atom. The van der Waals surface area contributed by atoms with Gasteiger partial charge in [0.2, 0.25) is 0 Å². The van der Waals surface area contributed by atoms with E-state index in [1.54, 1.807) is 20.2 Å². The zero-order valence-corrected chi connectivity index (χ0v) is 19.7. The van der Waals surface area contributed by atoms with Crippen molar-refractivity contribution in [2.24, 2.45) is 0 Å². The first-order chi connectivity index (χ1) is 12.2. The van der Waals surface area contributed by atoms with Gasteiger partial charge >= 0.3 is 6.09 Å². The van der Waals surface area contributed by atoms with Crippen LogP contribution >= 0.6 is 46.3 Å². The summed E-state index contributed by atoms with van der Waals surface area (Å²) in [4.78, 5) is 17.6. The van der Waals surface area contributed by atoms with E-state index in [0.717, 1.165) is 47.1 Å². The fourth-order valence-electron chi connectivity index (χ4n) is 2.52. The number of aromatic nitrogens is 2. The number of ether oxygens (including phenoxy) is 1. The van der Waals surface area contributed by atoms with E-state index in [9.17, 15) is 4.79 Å². The second kappa shape index (κ2) is 9.50. The van der Waals surface area contributed by atoms with Gasteiger partial charge in [-0.3, -0.25) is 3.97 Å². The summed E-state index contributed by atoms with van der Waals surface area (Å²) < 4.78 is 8.08. The van der Waals surface area contributed by atoms with Crippen LogP contribution in [0.3, 0.4) is 0 Å². The maximum Gasteiger partial charge on any atom is 0.410 e. The minimum Gasteiger partial charge on any atom is -0.444 e. The molecule has 9 heteroatoms. The highest BCUT2D eigenvalue weighted by Gasteiger charge is 2.22. The van der Waals surface area contributed by atoms with Gasteiger partial charge in [0.15, 0.2) is 5.65 Å². The van der Waals surface area contributed by atoms with Gasteiger partial charge in [0.25, 0.3) is 0 Å². The highest BCUT2D eigenvalue weighted by atomic mass is 127. The van der Waals surface area contributed by atoms with Crippen LogP contribution < -0.4 is 5.73 Å². The van der Waals surface area contributed by atoms with Gasteiger partial charge in [-0.25, -0.2) is 9.78 Å². The Kier molecular flexibility index (Phi) is 7.90. The molecule has 0 atom stereocenters. The molecular formula is C17H24BrIN4O2S. The molecule has 144 valence electrons. The Morgan fingerprint density at radius 1 is 1.35 bits per heavy atom. The molecule has 26 heavy (non-hydrogen) atoms. The molecule has 0 bridgehead atoms. The Bertz CT molecular complexity index is 757. The number of pyridine rings is 1. The summed E-state index contributed by atoms with van der Waals surface area (Å²) in [6.45, 7) is 7.41. The average Bonchev–Trinajstić information content (AvgIpc) is 3.02. The van der Waals surface area contributed by atoms with Crippen LogP contribution in [0.5, 0.6) is 0 Å². The summed E-state index contributed by atoms with van der Waals surface area (Å²) in [5, 5.41) is 0.985. The third kappa shape index (κ3) is 5.91. The van der Waals surface area contributed by atoms with E-state index in [0.29, 0.717) is 0 Å². The maximum absolute atomic E-state index is 11.5. The molecule has 0 radical (unpaired) electrons. The van der Waals surface area contributed by atoms with Crippen LogP contribution in [0.1, 0.15) is 40.0 Å². The lowest BCUT2D eigenvalue weighted by Gasteiger charge is -2.29. The standard InChI is InChI=1S/C10H19NO2.C7H5BrIN3S/c1-10(2,3)13-9(12)11-7-5-4-6-8-11;8-5-3-11-7-4(6(5)10)1-2-12(7)13-9/h4-8H2,1-3H3;1-3H,(H2,10,11). The summed E-state index contributed by atoms with van der Waals surface area (Å²) in [5.74, 6) is 0. The van der Waals surface area contributed by atoms with Crippen LogP contribution in [0.15, 0.2) is 22.9 Å². The zero-order chi connectivity index (χ0) is 19.3. The minimum atomic E-state index is -0.367. The molecule has 1 aliphatic rings. The number of carbonyl (C=O) groups is 1. The highest BCUT2D eigenvalue weighted by Crippen LogP contribution is 2.30. The first-order valence-corrected chi connectivity index (χ1v) is 12.5. The van der Waals surface area contributed by atoms with Crippen molar-refractivity contribution in [1.82, 2.24) is 13.9 Å². The molecule has 1 aliphatic heterocycles. The fraction of sp³-hybridized carbons (Fsp3) is 0.529. The van der Waals surface area contributed by atoms with E-state index in [1.165, 1.54) is 6.42 Å². The zero-order valence-electron chi connectivity index (χ0n) is 15.2. The normalized spacial score (nSPS) is 14.7. The van der Waals surface area contributed by atoms with Crippen LogP contribution in [-0.4, -0.2) is 38.6 Å². The number of nitrogens with zero attached hydrogens (tertiary/aromatic N) is 3. The van der Waals surface area contributed by atoms with Crippen LogP contribution in [0.4, 0.5) is 10.5 Å². The number of likely N-dealkylation sites (tertiary alicyclic amines) is 1. The van der Waals surface area contributed by atoms with Crippen LogP contribution in [0.25, 0.3) is 11.0 Å². The first kappa shape index (κ1) is 21.6. The molecule has 3 rings (SSSR count). The lowest BCUT2D eigenvalue weighted by Crippen LogP contribution is -2.39. The highest BCUT2D eigenvalue weighted by molar-refractivity contribution is 14.2. The second-order valence-electron chi connectivity index (χ2n) is 7.00. The van der Waals surface area contributed by atoms with E-state index in [4.69, 9.17) is 10.5 Å². The molecule has 0 aliphatic carbocycles. The Hall–Kier alpha value is -0.680. The van der Waals surface area contributed by atoms with Gasteiger partial charge in [-0.05, 0) is 62.0 Å². The maximum atomic E-state index is 11.5. The monoisotopic (exact) mass is 554 g/mol. The molecule has 2 aromatic rings. The van der Waals surface area contributed by atoms with Gasteiger partial charge in [0.1, 0.15) is 5.60 Å². The quantitative estimate of drug-likeness (QED) is 0.462. The number of anilines is 1. The summed E-state index contributed by atoms with van der Waals surface area (Å²) in [6, 6.07) is 1.97. The van der Waals surface area contributed by atoms with Crippen LogP contribution in [0.2, 0.25) is 0 Å². The number of hydrogen-bond acceptors (Lipinski definition) is 5. The number of rotatable bonds is 1. The number of nitrogens with two attached hydrogens (primary N) is 1. The Balaban J connectivity index is 0.000000187. The Morgan fingerprint density at radius 3 is 2.58 bits per heavy atom. The number of hydrogen-bond donors (Lipinski definition) is 1. The van der Waals surface area contributed by atoms with Gasteiger partial charge < -0.3 is 15.4 Å². The number of piperidine rings is 1. The van der Waals surface area contributed by atoms with Gasteiger partial charge in [-0.2, -0.15) is 0 Å². The van der Waals surface area contributed by atoms with Crippen LogP contribution in [0, 0.1) is 0 Å². The molecule has 2 N–H and O–H groups in total. The molecule has 1 saturated heterocycles. The van der Waals surface area contributed by atoms with Crippen molar-refractivity contribution in [2.75, 3.05) is 18.8 Å². The topological polar surface area (TPSA) is 73.4 Å². The summed E-state index contributed by atoms with van der Waals surface area (Å²) in [6.07, 6.45) is 6.98. The van der Waals surface area contributed by atoms with Crippen molar-refractivity contribution >= 4 is 69.1 Å². The van der Waals surface area contributed by atoms with Crippen molar-refractivity contribution in [1.29, 1.82) is 0 Å². The first-order valence-electron chi connectivity index (χ1n) is 8.41. The number of carbonyl (C=O) groups excluding carboxylic acids is 1. The van der Waals surface area contributed by atoms with E-state index in [1.807, 2.05) is 37.0 Å². The minimum absolute atomic E-state index is 0.160. The largest absolute Gasteiger partial charge is 0.444 e. The van der Waals surface area contributed by atoms with Crippen molar-refractivity contribution in [3.63, 3.8) is 0 Å². The number of amides is 1. The smallest absolute Gasteiger partial charge is 0.410 e. The SMILES string of the molecule is CC(C)(C)OC(=O)N1CCCCC1.Nc1c(Br)cnc2c1ccn2SI. The predicted octanol–water partition coefficient (Wildman–Crippen LogP) is 5.63.